The average molecular weight is 308 g/mol. The molecule has 0 saturated carbocycles. The molecule has 1 aromatic heterocycles. The summed E-state index contributed by atoms with van der Waals surface area (Å²) in [6, 6.07) is 11.9. The van der Waals surface area contributed by atoms with E-state index in [1.165, 1.54) is 16.9 Å². The molecule has 0 saturated heterocycles. The Balaban J connectivity index is 1.95. The van der Waals surface area contributed by atoms with Crippen LogP contribution in [0, 0.1) is 0 Å². The fourth-order valence-corrected chi connectivity index (χ4v) is 3.45. The highest BCUT2D eigenvalue weighted by Gasteiger charge is 2.25. The molecule has 86 valence electrons. The molecule has 0 spiro atoms. The maximum atomic E-state index is 12.3. The van der Waals surface area contributed by atoms with Crippen molar-refractivity contribution in [3.05, 3.63) is 50.6 Å². The first-order chi connectivity index (χ1) is 8.25. The number of nitrogens with zero attached hydrogens (tertiary/aromatic N) is 1. The van der Waals surface area contributed by atoms with Crippen molar-refractivity contribution in [2.24, 2.45) is 0 Å². The Morgan fingerprint density at radius 3 is 2.82 bits per heavy atom. The topological polar surface area (TPSA) is 20.3 Å². The molecule has 0 radical (unpaired) electrons. The molecular formula is C13H10BrNOS. The molecule has 0 aliphatic carbocycles. The van der Waals surface area contributed by atoms with Crippen LogP contribution in [0.15, 0.2) is 40.2 Å². The molecule has 2 nitrogen and oxygen atoms in total. The van der Waals surface area contributed by atoms with Crippen molar-refractivity contribution in [1.29, 1.82) is 0 Å². The van der Waals surface area contributed by atoms with Gasteiger partial charge in [0.15, 0.2) is 0 Å². The molecule has 0 bridgehead atoms. The zero-order valence-electron chi connectivity index (χ0n) is 9.02. The van der Waals surface area contributed by atoms with Crippen LogP contribution in [0.4, 0.5) is 5.69 Å². The summed E-state index contributed by atoms with van der Waals surface area (Å²) in [5, 5.41) is 0. The molecule has 17 heavy (non-hydrogen) atoms. The zero-order chi connectivity index (χ0) is 11.8. The summed E-state index contributed by atoms with van der Waals surface area (Å²) < 4.78 is 0.994. The van der Waals surface area contributed by atoms with Gasteiger partial charge in [-0.25, -0.2) is 0 Å². The fraction of sp³-hybridized carbons (Fsp3) is 0.154. The molecule has 0 atom stereocenters. The van der Waals surface area contributed by atoms with Crippen LogP contribution in [-0.2, 0) is 6.42 Å². The molecule has 4 heteroatoms. The van der Waals surface area contributed by atoms with Gasteiger partial charge in [-0.2, -0.15) is 0 Å². The van der Waals surface area contributed by atoms with Gasteiger partial charge in [-0.15, -0.1) is 11.3 Å². The molecule has 3 rings (SSSR count). The number of halogens is 1. The monoisotopic (exact) mass is 307 g/mol. The summed E-state index contributed by atoms with van der Waals surface area (Å²) >= 11 is 4.87. The third-order valence-corrected chi connectivity index (χ3v) is 4.53. The van der Waals surface area contributed by atoms with E-state index in [-0.39, 0.29) is 5.91 Å². The number of benzene rings is 1. The zero-order valence-corrected chi connectivity index (χ0v) is 11.4. The second kappa shape index (κ2) is 4.27. The van der Waals surface area contributed by atoms with Crippen molar-refractivity contribution in [1.82, 2.24) is 0 Å². The lowest BCUT2D eigenvalue weighted by Gasteiger charge is -2.15. The molecule has 0 unspecified atom stereocenters. The lowest BCUT2D eigenvalue weighted by Crippen LogP contribution is -2.28. The normalized spacial score (nSPS) is 13.8. The average Bonchev–Trinajstić information content (AvgIpc) is 2.94. The first kappa shape index (κ1) is 11.0. The predicted octanol–water partition coefficient (Wildman–Crippen LogP) is 3.71. The number of hydrogen-bond acceptors (Lipinski definition) is 2. The first-order valence-electron chi connectivity index (χ1n) is 5.41. The number of rotatable bonds is 1. The lowest BCUT2D eigenvalue weighted by molar-refractivity contribution is 0.0993. The summed E-state index contributed by atoms with van der Waals surface area (Å²) in [6.45, 7) is 0.785. The van der Waals surface area contributed by atoms with E-state index in [1.54, 1.807) is 0 Å². The van der Waals surface area contributed by atoms with Crippen LogP contribution in [0.5, 0.6) is 0 Å². The standard InChI is InChI=1S/C13H10BrNOS/c14-12-6-5-11(17-12)13(16)15-8-7-9-3-1-2-4-10(9)15/h1-6H,7-8H2. The maximum Gasteiger partial charge on any atom is 0.268 e. The molecule has 0 fully saturated rings. The van der Waals surface area contributed by atoms with Crippen LogP contribution in [-0.4, -0.2) is 12.5 Å². The van der Waals surface area contributed by atoms with Crippen LogP contribution in [0.25, 0.3) is 0 Å². The number of anilines is 1. The first-order valence-corrected chi connectivity index (χ1v) is 7.02. The van der Waals surface area contributed by atoms with Crippen LogP contribution in [0.1, 0.15) is 15.2 Å². The van der Waals surface area contributed by atoms with Gasteiger partial charge >= 0.3 is 0 Å². The van der Waals surface area contributed by atoms with E-state index >= 15 is 0 Å². The summed E-state index contributed by atoms with van der Waals surface area (Å²) in [4.78, 5) is 15.0. The number of para-hydroxylation sites is 1. The van der Waals surface area contributed by atoms with Gasteiger partial charge in [0.2, 0.25) is 0 Å². The number of thiophene rings is 1. The van der Waals surface area contributed by atoms with E-state index in [1.807, 2.05) is 35.2 Å². The SMILES string of the molecule is O=C(c1ccc(Br)s1)N1CCc2ccccc21. The summed E-state index contributed by atoms with van der Waals surface area (Å²) in [6.07, 6.45) is 0.953. The minimum Gasteiger partial charge on any atom is -0.307 e. The molecule has 1 aliphatic heterocycles. The van der Waals surface area contributed by atoms with Crippen molar-refractivity contribution >= 4 is 38.9 Å². The summed E-state index contributed by atoms with van der Waals surface area (Å²) in [5.41, 5.74) is 2.32. The predicted molar refractivity (Wildman–Crippen MR) is 73.8 cm³/mol. The highest BCUT2D eigenvalue weighted by molar-refractivity contribution is 9.11. The van der Waals surface area contributed by atoms with Gasteiger partial charge in [0.05, 0.1) is 8.66 Å². The Kier molecular flexibility index (Phi) is 2.76. The third-order valence-electron chi connectivity index (χ3n) is 2.92. The van der Waals surface area contributed by atoms with E-state index in [0.29, 0.717) is 0 Å². The Labute approximate surface area is 112 Å². The smallest absolute Gasteiger partial charge is 0.268 e. The van der Waals surface area contributed by atoms with Crippen molar-refractivity contribution in [2.45, 2.75) is 6.42 Å². The van der Waals surface area contributed by atoms with Crippen molar-refractivity contribution in [3.8, 4) is 0 Å². The lowest BCUT2D eigenvalue weighted by atomic mass is 10.2. The Morgan fingerprint density at radius 2 is 2.06 bits per heavy atom. The Hall–Kier alpha value is -1.13. The summed E-state index contributed by atoms with van der Waals surface area (Å²) in [7, 11) is 0. The van der Waals surface area contributed by atoms with Gasteiger partial charge in [0, 0.05) is 12.2 Å². The fourth-order valence-electron chi connectivity index (χ4n) is 2.11. The third kappa shape index (κ3) is 1.91. The number of hydrogen-bond donors (Lipinski definition) is 0. The van der Waals surface area contributed by atoms with Crippen LogP contribution < -0.4 is 4.90 Å². The van der Waals surface area contributed by atoms with Gasteiger partial charge in [-0.05, 0) is 46.1 Å². The largest absolute Gasteiger partial charge is 0.307 e. The second-order valence-corrected chi connectivity index (χ2v) is 6.40. The van der Waals surface area contributed by atoms with E-state index < -0.39 is 0 Å². The molecule has 2 aromatic rings. The van der Waals surface area contributed by atoms with Crippen molar-refractivity contribution in [3.63, 3.8) is 0 Å². The highest BCUT2D eigenvalue weighted by atomic mass is 79.9. The molecule has 2 heterocycles. The number of carbonyl (C=O) groups is 1. The Morgan fingerprint density at radius 1 is 1.24 bits per heavy atom. The minimum absolute atomic E-state index is 0.102. The highest BCUT2D eigenvalue weighted by Crippen LogP contribution is 2.31. The van der Waals surface area contributed by atoms with Crippen LogP contribution in [0.3, 0.4) is 0 Å². The summed E-state index contributed by atoms with van der Waals surface area (Å²) in [5.74, 6) is 0.102. The Bertz CT molecular complexity index is 578. The minimum atomic E-state index is 0.102. The van der Waals surface area contributed by atoms with Crippen LogP contribution >= 0.6 is 27.3 Å². The number of fused-ring (bicyclic) bond motifs is 1. The van der Waals surface area contributed by atoms with Gasteiger partial charge < -0.3 is 4.90 Å². The molecule has 1 aliphatic rings. The van der Waals surface area contributed by atoms with E-state index in [2.05, 4.69) is 22.0 Å². The molecule has 0 N–H and O–H groups in total. The van der Waals surface area contributed by atoms with Crippen molar-refractivity contribution in [2.75, 3.05) is 11.4 Å². The van der Waals surface area contributed by atoms with Crippen LogP contribution in [0.2, 0.25) is 0 Å². The second-order valence-electron chi connectivity index (χ2n) is 3.94. The van der Waals surface area contributed by atoms with Gasteiger partial charge in [-0.1, -0.05) is 18.2 Å². The number of carbonyl (C=O) groups excluding carboxylic acids is 1. The molecule has 1 amide bonds. The molecular weight excluding hydrogens is 298 g/mol. The maximum absolute atomic E-state index is 12.3. The van der Waals surface area contributed by atoms with E-state index in [9.17, 15) is 4.79 Å². The van der Waals surface area contributed by atoms with E-state index in [0.717, 1.165) is 27.3 Å². The quantitative estimate of drug-likeness (QED) is 0.786. The van der Waals surface area contributed by atoms with Gasteiger partial charge in [0.25, 0.3) is 5.91 Å². The van der Waals surface area contributed by atoms with Gasteiger partial charge in [0.1, 0.15) is 0 Å². The van der Waals surface area contributed by atoms with E-state index in [4.69, 9.17) is 0 Å². The number of amides is 1. The van der Waals surface area contributed by atoms with Crippen molar-refractivity contribution < 1.29 is 4.79 Å². The molecule has 1 aromatic carbocycles. The van der Waals surface area contributed by atoms with Gasteiger partial charge in [-0.3, -0.25) is 4.79 Å².